The van der Waals surface area contributed by atoms with Gasteiger partial charge in [0.05, 0.1) is 11.3 Å². The van der Waals surface area contributed by atoms with Crippen LogP contribution < -0.4 is 0 Å². The zero-order chi connectivity index (χ0) is 10.0. The summed E-state index contributed by atoms with van der Waals surface area (Å²) in [6.07, 6.45) is -2.60. The molecule has 0 aliphatic heterocycles. The number of carbonyl (C=O) groups excluding carboxylic acids is 1. The van der Waals surface area contributed by atoms with E-state index in [0.29, 0.717) is 0 Å². The standard InChI is InChI=1S/C8H6F3NO/c1-4-7(9)5(3-13)2-6(12-4)8(10)11/h2-3,8H,1H3. The van der Waals surface area contributed by atoms with Crippen LogP contribution in [0.3, 0.4) is 0 Å². The van der Waals surface area contributed by atoms with E-state index < -0.39 is 17.9 Å². The van der Waals surface area contributed by atoms with E-state index in [4.69, 9.17) is 0 Å². The molecular formula is C8H6F3NO. The number of aromatic nitrogens is 1. The molecule has 0 aromatic carbocycles. The maximum atomic E-state index is 12.9. The predicted molar refractivity (Wildman–Crippen MR) is 39.3 cm³/mol. The van der Waals surface area contributed by atoms with Gasteiger partial charge in [-0.2, -0.15) is 0 Å². The minimum atomic E-state index is -2.79. The molecule has 70 valence electrons. The summed E-state index contributed by atoms with van der Waals surface area (Å²) >= 11 is 0. The van der Waals surface area contributed by atoms with Gasteiger partial charge in [-0.3, -0.25) is 4.79 Å². The second kappa shape index (κ2) is 3.55. The van der Waals surface area contributed by atoms with Gasteiger partial charge in [0.15, 0.2) is 12.1 Å². The second-order valence-electron chi connectivity index (χ2n) is 2.45. The predicted octanol–water partition coefficient (Wildman–Crippen LogP) is 2.28. The average molecular weight is 189 g/mol. The summed E-state index contributed by atoms with van der Waals surface area (Å²) in [4.78, 5) is 13.5. The van der Waals surface area contributed by atoms with E-state index in [1.807, 2.05) is 0 Å². The van der Waals surface area contributed by atoms with Crippen molar-refractivity contribution in [2.45, 2.75) is 13.3 Å². The molecule has 5 heteroatoms. The Bertz CT molecular complexity index is 338. The van der Waals surface area contributed by atoms with E-state index in [1.165, 1.54) is 6.92 Å². The topological polar surface area (TPSA) is 30.0 Å². The van der Waals surface area contributed by atoms with E-state index in [2.05, 4.69) is 4.98 Å². The first-order valence-corrected chi connectivity index (χ1v) is 3.46. The zero-order valence-corrected chi connectivity index (χ0v) is 6.72. The molecule has 1 rings (SSSR count). The lowest BCUT2D eigenvalue weighted by atomic mass is 10.2. The number of halogens is 3. The van der Waals surface area contributed by atoms with Gasteiger partial charge in [0, 0.05) is 0 Å². The number of nitrogens with zero attached hydrogens (tertiary/aromatic N) is 1. The highest BCUT2D eigenvalue weighted by Gasteiger charge is 2.14. The molecule has 0 N–H and O–H groups in total. The van der Waals surface area contributed by atoms with Crippen molar-refractivity contribution < 1.29 is 18.0 Å². The molecule has 0 bridgehead atoms. The van der Waals surface area contributed by atoms with Gasteiger partial charge in [-0.05, 0) is 13.0 Å². The fraction of sp³-hybridized carbons (Fsp3) is 0.250. The van der Waals surface area contributed by atoms with Crippen molar-refractivity contribution >= 4 is 6.29 Å². The van der Waals surface area contributed by atoms with Crippen LogP contribution in [0.15, 0.2) is 6.07 Å². The van der Waals surface area contributed by atoms with E-state index in [9.17, 15) is 18.0 Å². The van der Waals surface area contributed by atoms with Crippen LogP contribution in [0.25, 0.3) is 0 Å². The van der Waals surface area contributed by atoms with E-state index in [0.717, 1.165) is 6.07 Å². The molecular weight excluding hydrogens is 183 g/mol. The minimum Gasteiger partial charge on any atom is -0.298 e. The van der Waals surface area contributed by atoms with Crippen LogP contribution in [-0.4, -0.2) is 11.3 Å². The van der Waals surface area contributed by atoms with Crippen LogP contribution in [-0.2, 0) is 0 Å². The SMILES string of the molecule is Cc1nc(C(F)F)cc(C=O)c1F. The molecule has 13 heavy (non-hydrogen) atoms. The third kappa shape index (κ3) is 1.85. The molecule has 0 atom stereocenters. The van der Waals surface area contributed by atoms with Gasteiger partial charge in [0.1, 0.15) is 5.69 Å². The molecule has 0 aliphatic carbocycles. The van der Waals surface area contributed by atoms with E-state index >= 15 is 0 Å². The lowest BCUT2D eigenvalue weighted by Gasteiger charge is -2.03. The number of aryl methyl sites for hydroxylation is 1. The van der Waals surface area contributed by atoms with Gasteiger partial charge in [-0.15, -0.1) is 0 Å². The molecule has 0 aliphatic rings. The molecule has 1 aromatic rings. The molecule has 0 saturated heterocycles. The summed E-state index contributed by atoms with van der Waals surface area (Å²) in [6, 6.07) is 0.750. The Morgan fingerprint density at radius 1 is 1.54 bits per heavy atom. The Hall–Kier alpha value is -1.39. The van der Waals surface area contributed by atoms with Crippen molar-refractivity contribution in [1.82, 2.24) is 4.98 Å². The Morgan fingerprint density at radius 3 is 2.62 bits per heavy atom. The summed E-state index contributed by atoms with van der Waals surface area (Å²) in [7, 11) is 0. The molecule has 1 aromatic heterocycles. The van der Waals surface area contributed by atoms with Crippen LogP contribution in [0.4, 0.5) is 13.2 Å². The molecule has 0 saturated carbocycles. The normalized spacial score (nSPS) is 10.5. The monoisotopic (exact) mass is 189 g/mol. The second-order valence-corrected chi connectivity index (χ2v) is 2.45. The largest absolute Gasteiger partial charge is 0.298 e. The fourth-order valence-electron chi connectivity index (χ4n) is 0.904. The summed E-state index contributed by atoms with van der Waals surface area (Å²) in [5, 5.41) is 0. The Morgan fingerprint density at radius 2 is 2.15 bits per heavy atom. The van der Waals surface area contributed by atoms with Gasteiger partial charge in [0.2, 0.25) is 0 Å². The van der Waals surface area contributed by atoms with Crippen molar-refractivity contribution in [3.63, 3.8) is 0 Å². The summed E-state index contributed by atoms with van der Waals surface area (Å²) in [5.41, 5.74) is -1.16. The molecule has 0 fully saturated rings. The van der Waals surface area contributed by atoms with Gasteiger partial charge in [-0.25, -0.2) is 18.2 Å². The Kier molecular flexibility index (Phi) is 2.65. The number of carbonyl (C=O) groups is 1. The molecule has 0 spiro atoms. The van der Waals surface area contributed by atoms with Gasteiger partial charge < -0.3 is 0 Å². The fourth-order valence-corrected chi connectivity index (χ4v) is 0.904. The summed E-state index contributed by atoms with van der Waals surface area (Å²) in [6.45, 7) is 1.23. The summed E-state index contributed by atoms with van der Waals surface area (Å²) < 4.78 is 37.1. The van der Waals surface area contributed by atoms with Gasteiger partial charge >= 0.3 is 0 Å². The van der Waals surface area contributed by atoms with E-state index in [1.54, 1.807) is 0 Å². The van der Waals surface area contributed by atoms with Crippen molar-refractivity contribution in [2.75, 3.05) is 0 Å². The van der Waals surface area contributed by atoms with Crippen LogP contribution in [0.2, 0.25) is 0 Å². The zero-order valence-electron chi connectivity index (χ0n) is 6.72. The Labute approximate surface area is 72.4 Å². The smallest absolute Gasteiger partial charge is 0.280 e. The third-order valence-electron chi connectivity index (χ3n) is 1.52. The van der Waals surface area contributed by atoms with Crippen molar-refractivity contribution in [2.24, 2.45) is 0 Å². The first-order chi connectivity index (χ1) is 6.06. The lowest BCUT2D eigenvalue weighted by molar-refractivity contribution is 0.111. The van der Waals surface area contributed by atoms with Crippen molar-refractivity contribution in [3.05, 3.63) is 28.8 Å². The van der Waals surface area contributed by atoms with Crippen molar-refractivity contribution in [1.29, 1.82) is 0 Å². The molecule has 0 radical (unpaired) electrons. The van der Waals surface area contributed by atoms with Crippen LogP contribution >= 0.6 is 0 Å². The van der Waals surface area contributed by atoms with Gasteiger partial charge in [-0.1, -0.05) is 0 Å². The molecule has 2 nitrogen and oxygen atoms in total. The van der Waals surface area contributed by atoms with E-state index in [-0.39, 0.29) is 17.5 Å². The van der Waals surface area contributed by atoms with Crippen LogP contribution in [0.5, 0.6) is 0 Å². The number of rotatable bonds is 2. The molecule has 0 amide bonds. The van der Waals surface area contributed by atoms with Gasteiger partial charge in [0.25, 0.3) is 6.43 Å². The van der Waals surface area contributed by atoms with Crippen LogP contribution in [0.1, 0.15) is 28.2 Å². The van der Waals surface area contributed by atoms with Crippen molar-refractivity contribution in [3.8, 4) is 0 Å². The maximum absolute atomic E-state index is 12.9. The quantitative estimate of drug-likeness (QED) is 0.668. The minimum absolute atomic E-state index is 0.190. The highest BCUT2D eigenvalue weighted by molar-refractivity contribution is 5.75. The lowest BCUT2D eigenvalue weighted by Crippen LogP contribution is -2.00. The first kappa shape index (κ1) is 9.70. The number of alkyl halides is 2. The third-order valence-corrected chi connectivity index (χ3v) is 1.52. The highest BCUT2D eigenvalue weighted by Crippen LogP contribution is 2.19. The Balaban J connectivity index is 3.30. The number of hydrogen-bond donors (Lipinski definition) is 0. The van der Waals surface area contributed by atoms with Crippen LogP contribution in [0, 0.1) is 12.7 Å². The molecule has 1 heterocycles. The number of aldehydes is 1. The average Bonchev–Trinajstić information content (AvgIpc) is 2.09. The maximum Gasteiger partial charge on any atom is 0.280 e. The summed E-state index contributed by atoms with van der Waals surface area (Å²) in [5.74, 6) is -0.848. The number of hydrogen-bond acceptors (Lipinski definition) is 2. The highest BCUT2D eigenvalue weighted by atomic mass is 19.3. The first-order valence-electron chi connectivity index (χ1n) is 3.46. The molecule has 0 unspecified atom stereocenters. The number of pyridine rings is 1.